The molecule has 2 aromatic carbocycles. The van der Waals surface area contributed by atoms with E-state index in [1.165, 1.54) is 45.9 Å². The molecule has 3 saturated heterocycles. The molecule has 2 unspecified atom stereocenters. The van der Waals surface area contributed by atoms with E-state index in [9.17, 15) is 5.11 Å². The Hall–Kier alpha value is -3.56. The highest BCUT2D eigenvalue weighted by atomic mass is 19.1. The summed E-state index contributed by atoms with van der Waals surface area (Å²) < 4.78 is 21.4. The van der Waals surface area contributed by atoms with Crippen LogP contribution in [0.5, 0.6) is 11.8 Å². The number of rotatable bonds is 3. The average molecular weight is 575 g/mol. The molecule has 3 fully saturated rings. The number of fused-ring (bicyclic) bond motifs is 4. The molecule has 9 heteroatoms. The highest BCUT2D eigenvalue weighted by Crippen LogP contribution is 2.37. The smallest absolute Gasteiger partial charge is 0.318 e. The second kappa shape index (κ2) is 13.6. The zero-order valence-electron chi connectivity index (χ0n) is 25.2. The third-order valence-electron chi connectivity index (χ3n) is 8.27. The van der Waals surface area contributed by atoms with Crippen LogP contribution in [0.1, 0.15) is 52.4 Å². The number of piperazine rings is 1. The fourth-order valence-electron chi connectivity index (χ4n) is 6.26. The molecule has 4 aromatic rings. The number of nitrogens with zero attached hydrogens (tertiary/aromatic N) is 5. The summed E-state index contributed by atoms with van der Waals surface area (Å²) in [6.07, 6.45) is 9.14. The van der Waals surface area contributed by atoms with Crippen molar-refractivity contribution < 1.29 is 14.2 Å². The molecule has 0 aliphatic carbocycles. The van der Waals surface area contributed by atoms with Gasteiger partial charge in [-0.15, -0.1) is 0 Å². The lowest BCUT2D eigenvalue weighted by molar-refractivity contribution is 0.366. The van der Waals surface area contributed by atoms with Crippen molar-refractivity contribution in [2.45, 2.75) is 64.5 Å². The van der Waals surface area contributed by atoms with E-state index in [0.29, 0.717) is 28.9 Å². The first-order valence-electron chi connectivity index (χ1n) is 15.3. The first-order chi connectivity index (χ1) is 20.5. The number of nitrogens with one attached hydrogen (secondary N) is 1. The average Bonchev–Trinajstić information content (AvgIpc) is 3.44. The van der Waals surface area contributed by atoms with Crippen molar-refractivity contribution >= 4 is 27.5 Å². The van der Waals surface area contributed by atoms with Crippen LogP contribution in [-0.2, 0) is 0 Å². The van der Waals surface area contributed by atoms with Crippen LogP contribution in [0.4, 0.5) is 10.2 Å². The van der Waals surface area contributed by atoms with Gasteiger partial charge in [0.05, 0.1) is 12.5 Å². The van der Waals surface area contributed by atoms with E-state index in [-0.39, 0.29) is 23.0 Å². The number of aromatic hydroxyl groups is 1. The molecule has 3 aliphatic rings. The Morgan fingerprint density at radius 3 is 2.29 bits per heavy atom. The van der Waals surface area contributed by atoms with E-state index in [2.05, 4.69) is 37.1 Å². The van der Waals surface area contributed by atoms with Gasteiger partial charge in [0.15, 0.2) is 5.82 Å². The molecule has 224 valence electrons. The van der Waals surface area contributed by atoms with Gasteiger partial charge in [0.2, 0.25) is 0 Å². The van der Waals surface area contributed by atoms with Gasteiger partial charge >= 0.3 is 6.01 Å². The van der Waals surface area contributed by atoms with Crippen LogP contribution in [0, 0.1) is 5.82 Å². The number of hydrogen-bond acceptors (Lipinski definition) is 8. The number of pyridine rings is 1. The number of aromatic nitrogens is 3. The number of ether oxygens (including phenoxy) is 1. The molecule has 2 bridgehead atoms. The molecule has 0 saturated carbocycles. The Kier molecular flexibility index (Phi) is 9.69. The molecular weight excluding hydrogens is 531 g/mol. The number of halogens is 1. The molecule has 2 N–H and O–H groups in total. The van der Waals surface area contributed by atoms with Crippen molar-refractivity contribution in [3.05, 3.63) is 48.4 Å². The monoisotopic (exact) mass is 574 g/mol. The predicted octanol–water partition coefficient (Wildman–Crippen LogP) is 6.16. The molecule has 5 heterocycles. The van der Waals surface area contributed by atoms with Gasteiger partial charge in [-0.05, 0) is 68.7 Å². The van der Waals surface area contributed by atoms with Crippen LogP contribution in [-0.4, -0.2) is 77.4 Å². The molecule has 42 heavy (non-hydrogen) atoms. The van der Waals surface area contributed by atoms with Crippen LogP contribution in [0.25, 0.3) is 32.9 Å². The van der Waals surface area contributed by atoms with Gasteiger partial charge in [-0.2, -0.15) is 9.97 Å². The summed E-state index contributed by atoms with van der Waals surface area (Å²) in [6.45, 7) is 8.23. The summed E-state index contributed by atoms with van der Waals surface area (Å²) >= 11 is 0. The predicted molar refractivity (Wildman–Crippen MR) is 168 cm³/mol. The third-order valence-corrected chi connectivity index (χ3v) is 8.27. The summed E-state index contributed by atoms with van der Waals surface area (Å²) in [5.74, 6) is 0.154. The molecule has 0 radical (unpaired) electrons. The third kappa shape index (κ3) is 6.42. The Balaban J connectivity index is 0.000000388. The first-order valence-corrected chi connectivity index (χ1v) is 15.3. The van der Waals surface area contributed by atoms with Crippen molar-refractivity contribution in [1.29, 1.82) is 0 Å². The first kappa shape index (κ1) is 29.9. The van der Waals surface area contributed by atoms with E-state index in [0.717, 1.165) is 36.7 Å². The fourth-order valence-corrected chi connectivity index (χ4v) is 6.26. The summed E-state index contributed by atoms with van der Waals surface area (Å²) in [5, 5.41) is 16.2. The van der Waals surface area contributed by atoms with Gasteiger partial charge in [0.1, 0.15) is 22.8 Å². The van der Waals surface area contributed by atoms with Crippen LogP contribution in [0.2, 0.25) is 0 Å². The number of hydrogen-bond donors (Lipinski definition) is 2. The molecule has 0 amide bonds. The summed E-state index contributed by atoms with van der Waals surface area (Å²) in [7, 11) is 3.66. The van der Waals surface area contributed by atoms with Crippen LogP contribution >= 0.6 is 0 Å². The Morgan fingerprint density at radius 1 is 0.952 bits per heavy atom. The van der Waals surface area contributed by atoms with Crippen molar-refractivity contribution in [3.8, 4) is 23.0 Å². The zero-order chi connectivity index (χ0) is 29.6. The quantitative estimate of drug-likeness (QED) is 0.301. The molecule has 3 aliphatic heterocycles. The topological polar surface area (TPSA) is 86.6 Å². The van der Waals surface area contributed by atoms with Crippen LogP contribution < -0.4 is 15.0 Å². The summed E-state index contributed by atoms with van der Waals surface area (Å²) in [5.41, 5.74) is 0.823. The number of phenolic OH excluding ortho intramolecular Hbond substituents is 1. The normalized spacial score (nSPS) is 20.4. The molecule has 0 spiro atoms. The maximum atomic E-state index is 16.1. The summed E-state index contributed by atoms with van der Waals surface area (Å²) in [6, 6.07) is 11.6. The Bertz CT molecular complexity index is 1500. The van der Waals surface area contributed by atoms with Gasteiger partial charge in [-0.3, -0.25) is 4.98 Å². The highest BCUT2D eigenvalue weighted by molar-refractivity contribution is 5.99. The van der Waals surface area contributed by atoms with E-state index in [1.54, 1.807) is 18.3 Å². The zero-order valence-corrected chi connectivity index (χ0v) is 25.2. The fraction of sp³-hybridized carbons (Fsp3) is 0.485. The minimum atomic E-state index is -0.553. The number of likely N-dealkylation sites (tertiary alicyclic amines) is 1. The van der Waals surface area contributed by atoms with E-state index >= 15 is 4.39 Å². The maximum absolute atomic E-state index is 16.1. The van der Waals surface area contributed by atoms with Crippen LogP contribution in [0.3, 0.4) is 0 Å². The molecule has 7 rings (SSSR count). The lowest BCUT2D eigenvalue weighted by Gasteiger charge is -2.38. The second-order valence-corrected chi connectivity index (χ2v) is 11.2. The number of anilines is 1. The van der Waals surface area contributed by atoms with Crippen molar-refractivity contribution in [2.24, 2.45) is 0 Å². The molecule has 8 nitrogen and oxygen atoms in total. The molecule has 2 atom stereocenters. The second-order valence-electron chi connectivity index (χ2n) is 11.2. The van der Waals surface area contributed by atoms with Crippen molar-refractivity contribution in [2.75, 3.05) is 45.2 Å². The van der Waals surface area contributed by atoms with E-state index in [4.69, 9.17) is 4.74 Å². The number of benzene rings is 2. The number of methoxy groups -OCH3 is 1. The van der Waals surface area contributed by atoms with Gasteiger partial charge in [-0.1, -0.05) is 51.0 Å². The standard InChI is InChI=1S/C26H26FN5O2.C5H11N.C2H6/c1-34-26-30-24-21(25(31-26)32-13-16-7-3-4-8-17(14-32)29-16)12-28-23(22(24)27)20-11-18(33)10-15-6-2-5-9-19(15)20;1-6-4-2-3-5-6;1-2/h2,5-6,9-12,16-17,29,33H,3-4,7-8,13-14H2,1H3;2-5H2,1H3;1-2H3. The van der Waals surface area contributed by atoms with Crippen LogP contribution in [0.15, 0.2) is 42.6 Å². The van der Waals surface area contributed by atoms with Crippen molar-refractivity contribution in [3.63, 3.8) is 0 Å². The van der Waals surface area contributed by atoms with Gasteiger partial charge in [-0.25, -0.2) is 4.39 Å². The van der Waals surface area contributed by atoms with Gasteiger partial charge < -0.3 is 25.0 Å². The minimum Gasteiger partial charge on any atom is -0.508 e. The minimum absolute atomic E-state index is 0.0550. The van der Waals surface area contributed by atoms with Crippen molar-refractivity contribution in [1.82, 2.24) is 25.2 Å². The SMILES string of the molecule is CC.CN1CCCC1.COc1nc(N2CC3CCCCC(C2)N3)c2cnc(-c3cc(O)cc4ccccc34)c(F)c2n1. The lowest BCUT2D eigenvalue weighted by atomic mass is 10.00. The maximum Gasteiger partial charge on any atom is 0.318 e. The summed E-state index contributed by atoms with van der Waals surface area (Å²) in [4.78, 5) is 18.1. The largest absolute Gasteiger partial charge is 0.508 e. The van der Waals surface area contributed by atoms with E-state index in [1.807, 2.05) is 38.1 Å². The lowest BCUT2D eigenvalue weighted by Crippen LogP contribution is -2.55. The van der Waals surface area contributed by atoms with Gasteiger partial charge in [0, 0.05) is 36.9 Å². The highest BCUT2D eigenvalue weighted by Gasteiger charge is 2.31. The molecular formula is C33H43FN6O2. The molecule has 2 aromatic heterocycles. The Labute approximate surface area is 247 Å². The van der Waals surface area contributed by atoms with E-state index < -0.39 is 5.82 Å². The Morgan fingerprint density at radius 2 is 1.64 bits per heavy atom. The van der Waals surface area contributed by atoms with Gasteiger partial charge in [0.25, 0.3) is 0 Å². The number of phenols is 1.